The lowest BCUT2D eigenvalue weighted by atomic mass is 9.79. The smallest absolute Gasteiger partial charge is 0.453 e. The Labute approximate surface area is 285 Å². The Hall–Kier alpha value is -4.43. The second kappa shape index (κ2) is 13.1. The quantitative estimate of drug-likeness (QED) is 0.345. The Kier molecular flexibility index (Phi) is 9.22. The summed E-state index contributed by atoms with van der Waals surface area (Å²) in [5.41, 5.74) is 2.69. The molecule has 3 aliphatic heterocycles. The molecule has 0 spiro atoms. The molecule has 260 valence electrons. The van der Waals surface area contributed by atoms with Crippen LogP contribution in [0.5, 0.6) is 0 Å². The summed E-state index contributed by atoms with van der Waals surface area (Å²) in [6.07, 6.45) is 0.0429. The largest absolute Gasteiger partial charge is 0.494 e. The molecule has 2 aromatic carbocycles. The van der Waals surface area contributed by atoms with E-state index in [1.165, 1.54) is 18.1 Å². The number of fused-ring (bicyclic) bond motifs is 1. The SMILES string of the molecule is COC(=O)NC(C(=O)N1C[C@H](OC(=O)N2Cc3cccc(F)c3C2)C[C@H]1c1nc(-c2ccc(B3OC(C)(C)C(C)(C)O3)cc2)c[nH]1)C(C)C. The number of carbonyl (C=O) groups is 3. The first-order valence-electron chi connectivity index (χ1n) is 16.6. The van der Waals surface area contributed by atoms with Crippen molar-refractivity contribution in [2.45, 2.75) is 90.4 Å². The van der Waals surface area contributed by atoms with Crippen LogP contribution >= 0.6 is 0 Å². The minimum atomic E-state index is -0.891. The number of benzene rings is 2. The predicted molar refractivity (Wildman–Crippen MR) is 179 cm³/mol. The number of nitrogens with one attached hydrogen (secondary N) is 2. The third kappa shape index (κ3) is 6.76. The van der Waals surface area contributed by atoms with Crippen molar-refractivity contribution in [3.63, 3.8) is 0 Å². The van der Waals surface area contributed by atoms with Crippen LogP contribution < -0.4 is 10.8 Å². The molecule has 0 aliphatic carbocycles. The number of hydrogen-bond acceptors (Lipinski definition) is 8. The van der Waals surface area contributed by atoms with E-state index >= 15 is 0 Å². The van der Waals surface area contributed by atoms with Gasteiger partial charge in [0.2, 0.25) is 5.91 Å². The fourth-order valence-electron chi connectivity index (χ4n) is 6.44. The topological polar surface area (TPSA) is 135 Å². The maximum atomic E-state index is 14.4. The summed E-state index contributed by atoms with van der Waals surface area (Å²) in [6, 6.07) is 11.1. The van der Waals surface area contributed by atoms with Gasteiger partial charge < -0.3 is 34.0 Å². The second-order valence-corrected chi connectivity index (χ2v) is 14.2. The molecule has 0 radical (unpaired) electrons. The van der Waals surface area contributed by atoms with Crippen LogP contribution in [0, 0.1) is 11.7 Å². The fourth-order valence-corrected chi connectivity index (χ4v) is 6.44. The van der Waals surface area contributed by atoms with Gasteiger partial charge in [0, 0.05) is 30.3 Å². The van der Waals surface area contributed by atoms with Gasteiger partial charge in [-0.3, -0.25) is 9.69 Å². The van der Waals surface area contributed by atoms with Crippen molar-refractivity contribution in [2.24, 2.45) is 5.92 Å². The molecule has 3 atom stereocenters. The maximum Gasteiger partial charge on any atom is 0.494 e. The number of carbonyl (C=O) groups excluding carboxylic acids is 3. The molecular formula is C35H43BFN5O7. The molecule has 3 amide bonds. The normalized spacial score (nSPS) is 21.5. The Morgan fingerprint density at radius 3 is 2.39 bits per heavy atom. The number of aromatic amines is 1. The lowest BCUT2D eigenvalue weighted by molar-refractivity contribution is -0.135. The highest BCUT2D eigenvalue weighted by Crippen LogP contribution is 2.37. The molecule has 2 N–H and O–H groups in total. The number of alkyl carbamates (subject to hydrolysis) is 1. The Balaban J connectivity index is 1.21. The molecule has 0 saturated carbocycles. The fraction of sp³-hybridized carbons (Fsp3) is 0.486. The number of nitrogens with zero attached hydrogens (tertiary/aromatic N) is 3. The average molecular weight is 676 g/mol. The highest BCUT2D eigenvalue weighted by molar-refractivity contribution is 6.62. The summed E-state index contributed by atoms with van der Waals surface area (Å²) in [6.45, 7) is 12.1. The maximum absolute atomic E-state index is 14.4. The van der Waals surface area contributed by atoms with Gasteiger partial charge in [-0.2, -0.15) is 0 Å². The van der Waals surface area contributed by atoms with Gasteiger partial charge in [0.1, 0.15) is 23.8 Å². The van der Waals surface area contributed by atoms with Crippen LogP contribution in [0.1, 0.15) is 71.0 Å². The number of amides is 3. The zero-order chi connectivity index (χ0) is 35.2. The third-order valence-electron chi connectivity index (χ3n) is 10.0. The number of H-pyrrole nitrogens is 1. The van der Waals surface area contributed by atoms with Crippen LogP contribution in [0.3, 0.4) is 0 Å². The minimum absolute atomic E-state index is 0.0786. The van der Waals surface area contributed by atoms with Gasteiger partial charge in [0.05, 0.1) is 43.1 Å². The van der Waals surface area contributed by atoms with Crippen LogP contribution in [0.25, 0.3) is 11.3 Å². The molecule has 12 nitrogen and oxygen atoms in total. The average Bonchev–Trinajstić information content (AvgIpc) is 3.84. The van der Waals surface area contributed by atoms with Crippen molar-refractivity contribution >= 4 is 30.7 Å². The van der Waals surface area contributed by atoms with Gasteiger partial charge in [-0.05, 0) is 50.7 Å². The molecule has 3 aliphatic rings. The number of ether oxygens (including phenoxy) is 2. The van der Waals surface area contributed by atoms with Crippen LogP contribution in [-0.2, 0) is 36.7 Å². The Bertz CT molecular complexity index is 1710. The van der Waals surface area contributed by atoms with Gasteiger partial charge in [-0.15, -0.1) is 0 Å². The van der Waals surface area contributed by atoms with Crippen LogP contribution in [0.4, 0.5) is 14.0 Å². The number of aromatic nitrogens is 2. The van der Waals surface area contributed by atoms with Gasteiger partial charge in [0.15, 0.2) is 0 Å². The summed E-state index contributed by atoms with van der Waals surface area (Å²) in [5, 5.41) is 2.65. The van der Waals surface area contributed by atoms with E-state index in [0.717, 1.165) is 16.6 Å². The minimum Gasteiger partial charge on any atom is -0.453 e. The summed E-state index contributed by atoms with van der Waals surface area (Å²) in [7, 11) is 0.743. The summed E-state index contributed by atoms with van der Waals surface area (Å²) < 4.78 is 37.4. The van der Waals surface area contributed by atoms with Crippen molar-refractivity contribution in [1.29, 1.82) is 0 Å². The summed E-state index contributed by atoms with van der Waals surface area (Å²) in [5.74, 6) is -0.473. The number of rotatable bonds is 7. The van der Waals surface area contributed by atoms with Crippen molar-refractivity contribution in [3.05, 3.63) is 71.4 Å². The zero-order valence-electron chi connectivity index (χ0n) is 28.9. The Morgan fingerprint density at radius 2 is 1.76 bits per heavy atom. The summed E-state index contributed by atoms with van der Waals surface area (Å²) >= 11 is 0. The molecular weight excluding hydrogens is 632 g/mol. The monoisotopic (exact) mass is 675 g/mol. The van der Waals surface area contributed by atoms with Crippen LogP contribution in [-0.4, -0.2) is 82.0 Å². The van der Waals surface area contributed by atoms with Gasteiger partial charge in [-0.25, -0.2) is 19.0 Å². The van der Waals surface area contributed by atoms with E-state index in [1.54, 1.807) is 23.2 Å². The standard InChI is InChI=1S/C35H43BFN5O7/c1-20(2)29(40-32(44)46-7)31(43)42-18-24(47-33(45)41-17-22-9-8-10-26(37)25(22)19-41)15-28(42)30-38-16-27(39-30)21-11-13-23(14-12-21)36-48-34(3,4)35(5,6)49-36/h8-14,16,20,24,28-29H,15,17-19H2,1-7H3,(H,38,39)(H,40,44)/t24-,28+,29?/m1/s1. The molecule has 1 aromatic heterocycles. The van der Waals surface area contributed by atoms with E-state index < -0.39 is 48.7 Å². The predicted octanol–water partition coefficient (Wildman–Crippen LogP) is 4.69. The first-order chi connectivity index (χ1) is 23.2. The number of halogens is 1. The first kappa shape index (κ1) is 34.4. The zero-order valence-corrected chi connectivity index (χ0v) is 28.9. The highest BCUT2D eigenvalue weighted by atomic mass is 19.1. The number of likely N-dealkylation sites (tertiary alicyclic amines) is 1. The molecule has 2 saturated heterocycles. The number of hydrogen-bond donors (Lipinski definition) is 2. The highest BCUT2D eigenvalue weighted by Gasteiger charge is 2.51. The van der Waals surface area contributed by atoms with Crippen molar-refractivity contribution in [1.82, 2.24) is 25.1 Å². The number of imidazole rings is 1. The molecule has 14 heteroatoms. The second-order valence-electron chi connectivity index (χ2n) is 14.2. The molecule has 3 aromatic rings. The molecule has 1 unspecified atom stereocenters. The van der Waals surface area contributed by atoms with Gasteiger partial charge >= 0.3 is 19.3 Å². The van der Waals surface area contributed by atoms with E-state index in [0.29, 0.717) is 17.1 Å². The van der Waals surface area contributed by atoms with Crippen molar-refractivity contribution in [3.8, 4) is 11.3 Å². The van der Waals surface area contributed by atoms with Gasteiger partial charge in [-0.1, -0.05) is 50.2 Å². The van der Waals surface area contributed by atoms with Crippen LogP contribution in [0.2, 0.25) is 0 Å². The van der Waals surface area contributed by atoms with E-state index in [9.17, 15) is 18.8 Å². The number of methoxy groups -OCH3 is 1. The van der Waals surface area contributed by atoms with E-state index in [2.05, 4.69) is 10.3 Å². The molecule has 2 fully saturated rings. The molecule has 4 heterocycles. The van der Waals surface area contributed by atoms with E-state index in [4.69, 9.17) is 23.8 Å². The first-order valence-corrected chi connectivity index (χ1v) is 16.6. The van der Waals surface area contributed by atoms with Crippen molar-refractivity contribution in [2.75, 3.05) is 13.7 Å². The van der Waals surface area contributed by atoms with E-state index in [1.807, 2.05) is 65.8 Å². The van der Waals surface area contributed by atoms with Gasteiger partial charge in [0.25, 0.3) is 0 Å². The molecule has 0 bridgehead atoms. The van der Waals surface area contributed by atoms with E-state index in [-0.39, 0.29) is 43.7 Å². The Morgan fingerprint density at radius 1 is 1.06 bits per heavy atom. The third-order valence-corrected chi connectivity index (χ3v) is 10.0. The lowest BCUT2D eigenvalue weighted by Gasteiger charge is -2.32. The molecule has 49 heavy (non-hydrogen) atoms. The molecule has 6 rings (SSSR count). The summed E-state index contributed by atoms with van der Waals surface area (Å²) in [4.78, 5) is 50.6. The van der Waals surface area contributed by atoms with Crippen LogP contribution in [0.15, 0.2) is 48.7 Å². The lowest BCUT2D eigenvalue weighted by Crippen LogP contribution is -2.51. The van der Waals surface area contributed by atoms with Crippen molar-refractivity contribution < 1.29 is 37.6 Å².